The van der Waals surface area contributed by atoms with Gasteiger partial charge >= 0.3 is 0 Å². The van der Waals surface area contributed by atoms with Crippen LogP contribution in [-0.4, -0.2) is 18.5 Å². The lowest BCUT2D eigenvalue weighted by Crippen LogP contribution is -2.27. The van der Waals surface area contributed by atoms with E-state index in [9.17, 15) is 4.79 Å². The zero-order chi connectivity index (χ0) is 10.1. The van der Waals surface area contributed by atoms with Crippen LogP contribution in [0.1, 0.15) is 6.42 Å². The van der Waals surface area contributed by atoms with Crippen molar-refractivity contribution in [3.05, 3.63) is 24.3 Å². The Morgan fingerprint density at radius 2 is 1.93 bits per heavy atom. The molecule has 1 amide bonds. The standard InChI is InChI=1S/C10H13N3O/c11-7-1-3-9(4-2-7)13-6-8(12)5-10(13)14/h1-4,8H,5-6,11-12H2. The molecule has 1 heterocycles. The maximum Gasteiger partial charge on any atom is 0.228 e. The number of anilines is 2. The first kappa shape index (κ1) is 9.02. The zero-order valence-electron chi connectivity index (χ0n) is 7.81. The molecule has 0 spiro atoms. The maximum absolute atomic E-state index is 11.5. The van der Waals surface area contributed by atoms with Crippen molar-refractivity contribution >= 4 is 17.3 Å². The van der Waals surface area contributed by atoms with E-state index in [-0.39, 0.29) is 11.9 Å². The third-order valence-corrected chi connectivity index (χ3v) is 2.36. The smallest absolute Gasteiger partial charge is 0.228 e. The normalized spacial score (nSPS) is 21.6. The van der Waals surface area contributed by atoms with E-state index in [2.05, 4.69) is 0 Å². The molecule has 0 aromatic heterocycles. The second kappa shape index (κ2) is 3.31. The van der Waals surface area contributed by atoms with Gasteiger partial charge in [-0.1, -0.05) is 0 Å². The van der Waals surface area contributed by atoms with Crippen molar-refractivity contribution in [1.82, 2.24) is 0 Å². The minimum atomic E-state index is -0.0416. The van der Waals surface area contributed by atoms with Gasteiger partial charge in [-0.25, -0.2) is 0 Å². The molecule has 0 aliphatic carbocycles. The zero-order valence-corrected chi connectivity index (χ0v) is 7.81. The predicted octanol–water partition coefficient (Wildman–Crippen LogP) is 0.333. The van der Waals surface area contributed by atoms with Crippen LogP contribution in [0.25, 0.3) is 0 Å². The average molecular weight is 191 g/mol. The number of carbonyl (C=O) groups excluding carboxylic acids is 1. The number of amides is 1. The molecule has 14 heavy (non-hydrogen) atoms. The largest absolute Gasteiger partial charge is 0.399 e. The summed E-state index contributed by atoms with van der Waals surface area (Å²) in [7, 11) is 0. The maximum atomic E-state index is 11.5. The minimum Gasteiger partial charge on any atom is -0.399 e. The SMILES string of the molecule is Nc1ccc(N2CC(N)CC2=O)cc1. The van der Waals surface area contributed by atoms with Crippen LogP contribution in [-0.2, 0) is 4.79 Å². The molecular formula is C10H13N3O. The van der Waals surface area contributed by atoms with Crippen molar-refractivity contribution in [1.29, 1.82) is 0 Å². The van der Waals surface area contributed by atoms with Gasteiger partial charge in [0.05, 0.1) is 0 Å². The third-order valence-electron chi connectivity index (χ3n) is 2.36. The number of nitrogen functional groups attached to an aromatic ring is 1. The molecule has 1 aromatic rings. The van der Waals surface area contributed by atoms with Gasteiger partial charge in [0, 0.05) is 30.4 Å². The predicted molar refractivity (Wildman–Crippen MR) is 55.8 cm³/mol. The Labute approximate surface area is 82.5 Å². The van der Waals surface area contributed by atoms with Crippen LogP contribution >= 0.6 is 0 Å². The fourth-order valence-corrected chi connectivity index (χ4v) is 1.64. The van der Waals surface area contributed by atoms with Gasteiger partial charge in [0.1, 0.15) is 0 Å². The monoisotopic (exact) mass is 191 g/mol. The summed E-state index contributed by atoms with van der Waals surface area (Å²) in [6.07, 6.45) is 0.435. The first-order valence-corrected chi connectivity index (χ1v) is 4.58. The Morgan fingerprint density at radius 1 is 1.29 bits per heavy atom. The summed E-state index contributed by atoms with van der Waals surface area (Å²) in [4.78, 5) is 13.2. The molecule has 1 aliphatic heterocycles. The molecule has 1 fully saturated rings. The number of benzene rings is 1. The Morgan fingerprint density at radius 3 is 2.43 bits per heavy atom. The van der Waals surface area contributed by atoms with E-state index < -0.39 is 0 Å². The van der Waals surface area contributed by atoms with Gasteiger partial charge in [-0.2, -0.15) is 0 Å². The van der Waals surface area contributed by atoms with Crippen molar-refractivity contribution < 1.29 is 4.79 Å². The summed E-state index contributed by atoms with van der Waals surface area (Å²) in [5.41, 5.74) is 12.8. The van der Waals surface area contributed by atoms with Crippen molar-refractivity contribution in [3.63, 3.8) is 0 Å². The molecule has 1 aromatic carbocycles. The molecular weight excluding hydrogens is 178 g/mol. The van der Waals surface area contributed by atoms with Gasteiger partial charge < -0.3 is 16.4 Å². The molecule has 1 saturated heterocycles. The van der Waals surface area contributed by atoms with Crippen LogP contribution in [0.15, 0.2) is 24.3 Å². The Balaban J connectivity index is 2.23. The highest BCUT2D eigenvalue weighted by Gasteiger charge is 2.27. The highest BCUT2D eigenvalue weighted by molar-refractivity contribution is 5.96. The van der Waals surface area contributed by atoms with Crippen LogP contribution in [0, 0.1) is 0 Å². The Kier molecular flexibility index (Phi) is 2.13. The van der Waals surface area contributed by atoms with Crippen molar-refractivity contribution in [3.8, 4) is 0 Å². The topological polar surface area (TPSA) is 72.3 Å². The molecule has 0 bridgehead atoms. The van der Waals surface area contributed by atoms with Crippen LogP contribution < -0.4 is 16.4 Å². The highest BCUT2D eigenvalue weighted by Crippen LogP contribution is 2.21. The van der Waals surface area contributed by atoms with Crippen LogP contribution in [0.3, 0.4) is 0 Å². The van der Waals surface area contributed by atoms with Crippen LogP contribution in [0.5, 0.6) is 0 Å². The molecule has 74 valence electrons. The molecule has 1 aliphatic rings. The molecule has 2 rings (SSSR count). The van der Waals surface area contributed by atoms with Gasteiger partial charge in [0.25, 0.3) is 0 Å². The lowest BCUT2D eigenvalue weighted by Gasteiger charge is -2.15. The number of nitrogens with two attached hydrogens (primary N) is 2. The molecule has 1 atom stereocenters. The first-order chi connectivity index (χ1) is 6.66. The molecule has 0 saturated carbocycles. The third kappa shape index (κ3) is 1.56. The Hall–Kier alpha value is -1.55. The van der Waals surface area contributed by atoms with E-state index in [4.69, 9.17) is 11.5 Å². The summed E-state index contributed by atoms with van der Waals surface area (Å²) in [6.45, 7) is 0.600. The first-order valence-electron chi connectivity index (χ1n) is 4.58. The minimum absolute atomic E-state index is 0.0416. The Bertz CT molecular complexity index is 347. The second-order valence-corrected chi connectivity index (χ2v) is 3.56. The summed E-state index contributed by atoms with van der Waals surface area (Å²) in [6, 6.07) is 7.20. The summed E-state index contributed by atoms with van der Waals surface area (Å²) in [5.74, 6) is 0.0854. The summed E-state index contributed by atoms with van der Waals surface area (Å²) < 4.78 is 0. The van der Waals surface area contributed by atoms with Crippen molar-refractivity contribution in [2.75, 3.05) is 17.2 Å². The van der Waals surface area contributed by atoms with E-state index in [1.807, 2.05) is 12.1 Å². The van der Waals surface area contributed by atoms with E-state index >= 15 is 0 Å². The molecule has 1 unspecified atom stereocenters. The van der Waals surface area contributed by atoms with E-state index in [1.165, 1.54) is 0 Å². The number of rotatable bonds is 1. The lowest BCUT2D eigenvalue weighted by molar-refractivity contribution is -0.117. The van der Waals surface area contributed by atoms with Gasteiger partial charge in [-0.05, 0) is 24.3 Å². The van der Waals surface area contributed by atoms with Gasteiger partial charge in [-0.3, -0.25) is 4.79 Å². The highest BCUT2D eigenvalue weighted by atomic mass is 16.2. The summed E-state index contributed by atoms with van der Waals surface area (Å²) in [5, 5.41) is 0. The number of hydrogen-bond acceptors (Lipinski definition) is 3. The second-order valence-electron chi connectivity index (χ2n) is 3.56. The van der Waals surface area contributed by atoms with E-state index in [0.29, 0.717) is 18.7 Å². The molecule has 4 heteroatoms. The van der Waals surface area contributed by atoms with Crippen molar-refractivity contribution in [2.45, 2.75) is 12.5 Å². The van der Waals surface area contributed by atoms with Gasteiger partial charge in [-0.15, -0.1) is 0 Å². The van der Waals surface area contributed by atoms with E-state index in [0.717, 1.165) is 5.69 Å². The fraction of sp³-hybridized carbons (Fsp3) is 0.300. The molecule has 4 nitrogen and oxygen atoms in total. The number of carbonyl (C=O) groups is 1. The molecule has 4 N–H and O–H groups in total. The fourth-order valence-electron chi connectivity index (χ4n) is 1.64. The summed E-state index contributed by atoms with van der Waals surface area (Å²) >= 11 is 0. The number of hydrogen-bond donors (Lipinski definition) is 2. The van der Waals surface area contributed by atoms with Crippen LogP contribution in [0.4, 0.5) is 11.4 Å². The van der Waals surface area contributed by atoms with Gasteiger partial charge in [0.15, 0.2) is 0 Å². The van der Waals surface area contributed by atoms with Gasteiger partial charge in [0.2, 0.25) is 5.91 Å². The van der Waals surface area contributed by atoms with Crippen LogP contribution in [0.2, 0.25) is 0 Å². The van der Waals surface area contributed by atoms with E-state index in [1.54, 1.807) is 17.0 Å². The average Bonchev–Trinajstić information content (AvgIpc) is 2.47. The lowest BCUT2D eigenvalue weighted by atomic mass is 10.2. The van der Waals surface area contributed by atoms with Crippen molar-refractivity contribution in [2.24, 2.45) is 5.73 Å². The quantitative estimate of drug-likeness (QED) is 0.628. The molecule has 0 radical (unpaired) electrons. The number of nitrogens with zero attached hydrogens (tertiary/aromatic N) is 1.